The number of hydrogen-bond acceptors (Lipinski definition) is 8. The minimum absolute atomic E-state index is 0.0297. The summed E-state index contributed by atoms with van der Waals surface area (Å²) >= 11 is 0. The van der Waals surface area contributed by atoms with E-state index in [4.69, 9.17) is 9.47 Å². The van der Waals surface area contributed by atoms with Crippen molar-refractivity contribution in [1.29, 1.82) is 0 Å². The summed E-state index contributed by atoms with van der Waals surface area (Å²) in [6.45, 7) is 4.44. The molecule has 12 heteroatoms. The largest absolute Gasteiger partial charge is 0.426 e. The van der Waals surface area contributed by atoms with Crippen LogP contribution in [0.1, 0.15) is 194 Å². The Labute approximate surface area is 326 Å². The molecular formula is C42H68O10S2. The van der Waals surface area contributed by atoms with E-state index in [-0.39, 0.29) is 29.4 Å². The predicted molar refractivity (Wildman–Crippen MR) is 215 cm³/mol. The Morgan fingerprint density at radius 2 is 0.852 bits per heavy atom. The molecular weight excluding hydrogens is 729 g/mol. The smallest absolute Gasteiger partial charge is 0.311 e. The Kier molecular flexibility index (Phi) is 23.9. The van der Waals surface area contributed by atoms with E-state index in [1.807, 2.05) is 0 Å². The summed E-state index contributed by atoms with van der Waals surface area (Å²) in [5.41, 5.74) is 0. The number of fused-ring (bicyclic) bond motifs is 1. The van der Waals surface area contributed by atoms with Crippen LogP contribution >= 0.6 is 0 Å². The van der Waals surface area contributed by atoms with Gasteiger partial charge in [-0.15, -0.1) is 0 Å². The van der Waals surface area contributed by atoms with Crippen LogP contribution in [-0.2, 0) is 29.8 Å². The van der Waals surface area contributed by atoms with E-state index in [0.717, 1.165) is 69.6 Å². The monoisotopic (exact) mass is 796 g/mol. The molecule has 0 spiro atoms. The Bertz CT molecular complexity index is 1600. The number of hydrogen-bond donors (Lipinski definition) is 2. The van der Waals surface area contributed by atoms with Gasteiger partial charge in [-0.2, -0.15) is 16.8 Å². The average molecular weight is 797 g/mol. The Hall–Kier alpha value is -2.54. The van der Waals surface area contributed by atoms with Gasteiger partial charge in [-0.1, -0.05) is 168 Å². The maximum Gasteiger partial charge on any atom is 0.311 e. The van der Waals surface area contributed by atoms with Gasteiger partial charge in [0.05, 0.1) is 4.90 Å². The van der Waals surface area contributed by atoms with Gasteiger partial charge in [0, 0.05) is 29.7 Å². The molecule has 0 saturated carbocycles. The van der Waals surface area contributed by atoms with Gasteiger partial charge in [-0.25, -0.2) is 0 Å². The second-order valence-corrected chi connectivity index (χ2v) is 17.6. The van der Waals surface area contributed by atoms with Crippen LogP contribution in [0.2, 0.25) is 0 Å². The summed E-state index contributed by atoms with van der Waals surface area (Å²) in [7, 11) is -9.80. The van der Waals surface area contributed by atoms with Crippen molar-refractivity contribution in [2.24, 2.45) is 0 Å². The van der Waals surface area contributed by atoms with E-state index in [1.165, 1.54) is 109 Å². The molecule has 0 amide bonds. The third-order valence-electron chi connectivity index (χ3n) is 9.97. The highest BCUT2D eigenvalue weighted by Gasteiger charge is 2.26. The molecule has 10 nitrogen and oxygen atoms in total. The molecule has 2 N–H and O–H groups in total. The molecule has 0 atom stereocenters. The van der Waals surface area contributed by atoms with Crippen molar-refractivity contribution in [1.82, 2.24) is 0 Å². The van der Waals surface area contributed by atoms with Crippen LogP contribution in [0, 0.1) is 0 Å². The van der Waals surface area contributed by atoms with Crippen LogP contribution in [0.25, 0.3) is 10.8 Å². The van der Waals surface area contributed by atoms with Gasteiger partial charge in [0.15, 0.2) is 5.75 Å². The number of carbonyl (C=O) groups is 2. The number of benzene rings is 2. The van der Waals surface area contributed by atoms with Gasteiger partial charge in [-0.3, -0.25) is 18.7 Å². The minimum Gasteiger partial charge on any atom is -0.426 e. The highest BCUT2D eigenvalue weighted by atomic mass is 32.2. The highest BCUT2D eigenvalue weighted by Crippen LogP contribution is 2.40. The van der Waals surface area contributed by atoms with Crippen molar-refractivity contribution in [2.45, 2.75) is 203 Å². The fraction of sp³-hybridized carbons (Fsp3) is 0.714. The van der Waals surface area contributed by atoms with Crippen molar-refractivity contribution in [3.8, 4) is 11.5 Å². The van der Waals surface area contributed by atoms with Gasteiger partial charge in [0.2, 0.25) is 0 Å². The van der Waals surface area contributed by atoms with Crippen LogP contribution < -0.4 is 9.47 Å². The van der Waals surface area contributed by atoms with Crippen LogP contribution in [0.3, 0.4) is 0 Å². The van der Waals surface area contributed by atoms with E-state index in [1.54, 1.807) is 0 Å². The molecule has 0 fully saturated rings. The SMILES string of the molecule is CCCCCCCCCCCCCCCC(=O)Oc1cc(S(=O)(=O)O)cc2c(OC(=O)CCCCCCCCCCCCCCC)c(S(=O)(=O)O)ccc12. The van der Waals surface area contributed by atoms with Crippen molar-refractivity contribution >= 4 is 42.9 Å². The summed E-state index contributed by atoms with van der Waals surface area (Å²) in [4.78, 5) is 24.3. The van der Waals surface area contributed by atoms with E-state index >= 15 is 0 Å². The minimum atomic E-state index is -4.93. The summed E-state index contributed by atoms with van der Waals surface area (Å²) in [6.07, 6.45) is 29.5. The van der Waals surface area contributed by atoms with E-state index in [2.05, 4.69) is 13.8 Å². The van der Waals surface area contributed by atoms with Crippen molar-refractivity contribution in [2.75, 3.05) is 0 Å². The van der Waals surface area contributed by atoms with Gasteiger partial charge in [0.1, 0.15) is 10.6 Å². The molecule has 54 heavy (non-hydrogen) atoms. The van der Waals surface area contributed by atoms with E-state index < -0.39 is 47.7 Å². The zero-order valence-corrected chi connectivity index (χ0v) is 34.7. The van der Waals surface area contributed by atoms with Crippen molar-refractivity contribution in [3.05, 3.63) is 24.3 Å². The second-order valence-electron chi connectivity index (χ2n) is 14.8. The number of carbonyl (C=O) groups excluding carboxylic acids is 2. The molecule has 0 heterocycles. The van der Waals surface area contributed by atoms with Crippen LogP contribution in [0.4, 0.5) is 0 Å². The lowest BCUT2D eigenvalue weighted by molar-refractivity contribution is -0.135. The highest BCUT2D eigenvalue weighted by molar-refractivity contribution is 7.86. The number of rotatable bonds is 32. The first-order chi connectivity index (χ1) is 25.9. The van der Waals surface area contributed by atoms with E-state index in [9.17, 15) is 35.5 Å². The molecule has 0 bridgehead atoms. The lowest BCUT2D eigenvalue weighted by atomic mass is 10.0. The van der Waals surface area contributed by atoms with Gasteiger partial charge in [0.25, 0.3) is 20.2 Å². The quantitative estimate of drug-likeness (QED) is 0.0315. The van der Waals surface area contributed by atoms with Crippen molar-refractivity contribution < 1.29 is 45.0 Å². The molecule has 2 aromatic rings. The van der Waals surface area contributed by atoms with E-state index in [0.29, 0.717) is 12.8 Å². The standard InChI is InChI=1S/C42H68O10S2/c1-3-5-7-9-11-13-15-17-19-21-23-25-27-29-40(43)51-38-34-35(53(45,46)47)33-37-36(38)31-32-39(54(48,49)50)42(37)52-41(44)30-28-26-24-22-20-18-16-14-12-10-8-6-4-2/h31-34H,3-30H2,1-2H3,(H,45,46,47)(H,48,49,50). The molecule has 0 aliphatic rings. The number of esters is 2. The maximum absolute atomic E-state index is 12.9. The molecule has 0 aliphatic heterocycles. The molecule has 2 aromatic carbocycles. The third-order valence-corrected chi connectivity index (χ3v) is 11.7. The van der Waals surface area contributed by atoms with Crippen LogP contribution in [0.5, 0.6) is 11.5 Å². The molecule has 0 aliphatic carbocycles. The average Bonchev–Trinajstić information content (AvgIpc) is 3.11. The topological polar surface area (TPSA) is 161 Å². The summed E-state index contributed by atoms with van der Waals surface area (Å²) in [5, 5.41) is -0.167. The summed E-state index contributed by atoms with van der Waals surface area (Å²) in [5.74, 6) is -2.26. The fourth-order valence-electron chi connectivity index (χ4n) is 6.78. The molecule has 0 saturated heterocycles. The van der Waals surface area contributed by atoms with Gasteiger partial charge < -0.3 is 9.47 Å². The van der Waals surface area contributed by atoms with Crippen molar-refractivity contribution in [3.63, 3.8) is 0 Å². The lowest BCUT2D eigenvalue weighted by Gasteiger charge is -2.15. The molecule has 0 radical (unpaired) electrons. The second kappa shape index (κ2) is 27.1. The maximum atomic E-state index is 12.9. The number of unbranched alkanes of at least 4 members (excludes halogenated alkanes) is 24. The summed E-state index contributed by atoms with van der Waals surface area (Å²) in [6, 6.07) is 4.12. The van der Waals surface area contributed by atoms with Gasteiger partial charge in [-0.05, 0) is 31.0 Å². The third kappa shape index (κ3) is 19.9. The predicted octanol–water partition coefficient (Wildman–Crippen LogP) is 12.1. The summed E-state index contributed by atoms with van der Waals surface area (Å²) < 4.78 is 80.0. The first-order valence-corrected chi connectivity index (χ1v) is 23.7. The Morgan fingerprint density at radius 1 is 0.481 bits per heavy atom. The zero-order valence-electron chi connectivity index (χ0n) is 33.1. The Morgan fingerprint density at radius 3 is 1.22 bits per heavy atom. The first-order valence-electron chi connectivity index (χ1n) is 20.9. The molecule has 308 valence electrons. The molecule has 0 aromatic heterocycles. The van der Waals surface area contributed by atoms with Crippen LogP contribution in [-0.4, -0.2) is 37.9 Å². The Balaban J connectivity index is 1.96. The van der Waals surface area contributed by atoms with Gasteiger partial charge >= 0.3 is 11.9 Å². The normalized spacial score (nSPS) is 12.0. The van der Waals surface area contributed by atoms with Crippen LogP contribution in [0.15, 0.2) is 34.1 Å². The number of ether oxygens (including phenoxy) is 2. The fourth-order valence-corrected chi connectivity index (χ4v) is 7.93. The first kappa shape index (κ1) is 47.6. The molecule has 0 unspecified atom stereocenters. The molecule has 2 rings (SSSR count). The zero-order chi connectivity index (χ0) is 39.7. The lowest BCUT2D eigenvalue weighted by Crippen LogP contribution is -2.13.